The van der Waals surface area contributed by atoms with E-state index in [2.05, 4.69) is 25.3 Å². The third-order valence-corrected chi connectivity index (χ3v) is 6.04. The third kappa shape index (κ3) is 4.61. The van der Waals surface area contributed by atoms with Crippen molar-refractivity contribution in [3.05, 3.63) is 107 Å². The van der Waals surface area contributed by atoms with Gasteiger partial charge in [0.15, 0.2) is 5.82 Å². The molecule has 33 heavy (non-hydrogen) atoms. The lowest BCUT2D eigenvalue weighted by molar-refractivity contribution is 0.201. The van der Waals surface area contributed by atoms with Gasteiger partial charge in [0.05, 0.1) is 18.3 Å². The molecule has 6 nitrogen and oxygen atoms in total. The number of benzene rings is 3. The van der Waals surface area contributed by atoms with Gasteiger partial charge in [-0.1, -0.05) is 54.6 Å². The Labute approximate surface area is 191 Å². The summed E-state index contributed by atoms with van der Waals surface area (Å²) >= 11 is 0. The minimum atomic E-state index is -0.286. The molecule has 0 amide bonds. The fourth-order valence-corrected chi connectivity index (χ4v) is 4.37. The van der Waals surface area contributed by atoms with Gasteiger partial charge in [-0.15, -0.1) is 5.10 Å². The normalized spacial score (nSPS) is 15.5. The Morgan fingerprint density at radius 2 is 1.48 bits per heavy atom. The Bertz CT molecular complexity index is 1190. The Morgan fingerprint density at radius 1 is 0.788 bits per heavy atom. The highest BCUT2D eigenvalue weighted by Crippen LogP contribution is 2.30. The van der Waals surface area contributed by atoms with Gasteiger partial charge in [-0.2, -0.15) is 0 Å². The lowest BCUT2D eigenvalue weighted by Crippen LogP contribution is -2.48. The smallest absolute Gasteiger partial charge is 0.173 e. The van der Waals surface area contributed by atoms with Gasteiger partial charge in [-0.25, -0.2) is 13.5 Å². The van der Waals surface area contributed by atoms with Gasteiger partial charge in [0.2, 0.25) is 0 Å². The van der Waals surface area contributed by atoms with Gasteiger partial charge in [0.25, 0.3) is 0 Å². The molecule has 1 aliphatic heterocycles. The molecule has 1 saturated heterocycles. The SMILES string of the molecule is Fc1ccc(C(c2nnnn2Cc2ccccc2)N2CCN(c3ccccc3F)CC2)cc1. The number of rotatable bonds is 6. The summed E-state index contributed by atoms with van der Waals surface area (Å²) in [7, 11) is 0. The predicted molar refractivity (Wildman–Crippen MR) is 122 cm³/mol. The van der Waals surface area contributed by atoms with E-state index in [9.17, 15) is 8.78 Å². The second-order valence-electron chi connectivity index (χ2n) is 8.11. The summed E-state index contributed by atoms with van der Waals surface area (Å²) in [5.41, 5.74) is 2.62. The van der Waals surface area contributed by atoms with E-state index < -0.39 is 0 Å². The van der Waals surface area contributed by atoms with Crippen LogP contribution in [0.5, 0.6) is 0 Å². The highest BCUT2D eigenvalue weighted by Gasteiger charge is 2.31. The van der Waals surface area contributed by atoms with Gasteiger partial charge >= 0.3 is 0 Å². The van der Waals surface area contributed by atoms with Crippen molar-refractivity contribution < 1.29 is 8.78 Å². The number of piperazine rings is 1. The molecule has 0 radical (unpaired) electrons. The molecular formula is C25H24F2N6. The summed E-state index contributed by atoms with van der Waals surface area (Å²) in [5.74, 6) is 0.198. The highest BCUT2D eigenvalue weighted by atomic mass is 19.1. The van der Waals surface area contributed by atoms with Crippen LogP contribution in [-0.4, -0.2) is 51.3 Å². The van der Waals surface area contributed by atoms with Gasteiger partial charge in [0, 0.05) is 26.2 Å². The molecule has 1 unspecified atom stereocenters. The van der Waals surface area contributed by atoms with Crippen LogP contribution in [0, 0.1) is 11.6 Å². The Morgan fingerprint density at radius 3 is 2.21 bits per heavy atom. The summed E-state index contributed by atoms with van der Waals surface area (Å²) in [6.07, 6.45) is 0. The average molecular weight is 447 g/mol. The van der Waals surface area contributed by atoms with E-state index in [-0.39, 0.29) is 17.7 Å². The number of halogens is 2. The minimum absolute atomic E-state index is 0.215. The maximum atomic E-state index is 14.3. The Kier molecular flexibility index (Phi) is 6.08. The average Bonchev–Trinajstić information content (AvgIpc) is 3.29. The number of hydrogen-bond donors (Lipinski definition) is 0. The van der Waals surface area contributed by atoms with Crippen molar-refractivity contribution in [3.63, 3.8) is 0 Å². The molecule has 0 saturated carbocycles. The van der Waals surface area contributed by atoms with Crippen molar-refractivity contribution in [2.75, 3.05) is 31.1 Å². The largest absolute Gasteiger partial charge is 0.367 e. The van der Waals surface area contributed by atoms with E-state index in [0.29, 0.717) is 44.2 Å². The van der Waals surface area contributed by atoms with Crippen molar-refractivity contribution in [1.29, 1.82) is 0 Å². The maximum absolute atomic E-state index is 14.3. The number of nitrogens with zero attached hydrogens (tertiary/aromatic N) is 6. The molecule has 8 heteroatoms. The molecule has 0 N–H and O–H groups in total. The molecule has 168 valence electrons. The molecule has 4 aromatic rings. The van der Waals surface area contributed by atoms with Gasteiger partial charge in [-0.3, -0.25) is 4.90 Å². The van der Waals surface area contributed by atoms with Crippen LogP contribution < -0.4 is 4.90 Å². The van der Waals surface area contributed by atoms with Crippen LogP contribution >= 0.6 is 0 Å². The molecular weight excluding hydrogens is 422 g/mol. The Hall–Kier alpha value is -3.65. The molecule has 3 aromatic carbocycles. The summed E-state index contributed by atoms with van der Waals surface area (Å²) < 4.78 is 29.8. The monoisotopic (exact) mass is 446 g/mol. The lowest BCUT2D eigenvalue weighted by atomic mass is 10.0. The van der Waals surface area contributed by atoms with Crippen molar-refractivity contribution in [1.82, 2.24) is 25.1 Å². The zero-order valence-electron chi connectivity index (χ0n) is 18.1. The van der Waals surface area contributed by atoms with Crippen LogP contribution in [0.1, 0.15) is 23.0 Å². The van der Waals surface area contributed by atoms with Crippen LogP contribution in [0.4, 0.5) is 14.5 Å². The fourth-order valence-electron chi connectivity index (χ4n) is 4.37. The van der Waals surface area contributed by atoms with Crippen LogP contribution in [-0.2, 0) is 6.54 Å². The number of hydrogen-bond acceptors (Lipinski definition) is 5. The summed E-state index contributed by atoms with van der Waals surface area (Å²) in [6.45, 7) is 3.25. The number of aromatic nitrogens is 4. The first kappa shape index (κ1) is 21.2. The van der Waals surface area contributed by atoms with Crippen LogP contribution in [0.25, 0.3) is 0 Å². The minimum Gasteiger partial charge on any atom is -0.367 e. The van der Waals surface area contributed by atoms with E-state index in [1.807, 2.05) is 42.5 Å². The predicted octanol–water partition coefficient (Wildman–Crippen LogP) is 3.91. The summed E-state index contributed by atoms with van der Waals surface area (Å²) in [6, 6.07) is 23.1. The van der Waals surface area contributed by atoms with Crippen molar-refractivity contribution >= 4 is 5.69 Å². The topological polar surface area (TPSA) is 50.1 Å². The zero-order chi connectivity index (χ0) is 22.6. The van der Waals surface area contributed by atoms with Crippen LogP contribution in [0.15, 0.2) is 78.9 Å². The first-order chi connectivity index (χ1) is 16.2. The van der Waals surface area contributed by atoms with E-state index in [4.69, 9.17) is 0 Å². The van der Waals surface area contributed by atoms with Gasteiger partial charge < -0.3 is 4.90 Å². The first-order valence-electron chi connectivity index (χ1n) is 11.0. The van der Waals surface area contributed by atoms with E-state index in [0.717, 1.165) is 11.1 Å². The molecule has 2 heterocycles. The first-order valence-corrected chi connectivity index (χ1v) is 11.0. The molecule has 0 spiro atoms. The molecule has 1 aromatic heterocycles. The van der Waals surface area contributed by atoms with Crippen molar-refractivity contribution in [3.8, 4) is 0 Å². The molecule has 1 atom stereocenters. The van der Waals surface area contributed by atoms with Crippen LogP contribution in [0.2, 0.25) is 0 Å². The van der Waals surface area contributed by atoms with E-state index in [1.165, 1.54) is 18.2 Å². The van der Waals surface area contributed by atoms with Gasteiger partial charge in [-0.05, 0) is 45.8 Å². The van der Waals surface area contributed by atoms with E-state index >= 15 is 0 Å². The highest BCUT2D eigenvalue weighted by molar-refractivity contribution is 5.48. The summed E-state index contributed by atoms with van der Waals surface area (Å²) in [4.78, 5) is 4.33. The molecule has 1 aliphatic rings. The third-order valence-electron chi connectivity index (χ3n) is 6.04. The quantitative estimate of drug-likeness (QED) is 0.450. The van der Waals surface area contributed by atoms with Crippen molar-refractivity contribution in [2.45, 2.75) is 12.6 Å². The number of tetrazole rings is 1. The number of anilines is 1. The summed E-state index contributed by atoms with van der Waals surface area (Å²) in [5, 5.41) is 12.6. The zero-order valence-corrected chi connectivity index (χ0v) is 18.1. The van der Waals surface area contributed by atoms with E-state index in [1.54, 1.807) is 22.9 Å². The molecule has 5 rings (SSSR count). The lowest BCUT2D eigenvalue weighted by Gasteiger charge is -2.40. The molecule has 0 aliphatic carbocycles. The second kappa shape index (κ2) is 9.46. The molecule has 1 fully saturated rings. The fraction of sp³-hybridized carbons (Fsp3) is 0.240. The number of para-hydroxylation sites is 1. The Balaban J connectivity index is 1.43. The molecule has 0 bridgehead atoms. The second-order valence-corrected chi connectivity index (χ2v) is 8.11. The maximum Gasteiger partial charge on any atom is 0.173 e. The van der Waals surface area contributed by atoms with Crippen molar-refractivity contribution in [2.24, 2.45) is 0 Å². The van der Waals surface area contributed by atoms with Crippen LogP contribution in [0.3, 0.4) is 0 Å². The standard InChI is InChI=1S/C25H24F2N6/c26-21-12-10-20(11-13-21)24(25-28-29-30-33(25)18-19-6-2-1-3-7-19)32-16-14-31(15-17-32)23-9-5-4-8-22(23)27/h1-13,24H,14-18H2. The van der Waals surface area contributed by atoms with Gasteiger partial charge in [0.1, 0.15) is 11.6 Å².